The highest BCUT2D eigenvalue weighted by molar-refractivity contribution is 7.13. The average Bonchev–Trinajstić information content (AvgIpc) is 3.39. The number of aromatic nitrogens is 3. The number of piperidine rings is 1. The molecule has 4 rings (SSSR count). The van der Waals surface area contributed by atoms with Gasteiger partial charge in [0.1, 0.15) is 5.76 Å². The van der Waals surface area contributed by atoms with Crippen LogP contribution in [0.3, 0.4) is 0 Å². The Morgan fingerprint density at radius 2 is 2.37 bits per heavy atom. The van der Waals surface area contributed by atoms with Crippen molar-refractivity contribution in [1.82, 2.24) is 19.9 Å². The SMILES string of the molecule is O=C(/C=C/c1ccco1)N1CCCC(c2csc(Nc3cnccn3)n2)C1. The smallest absolute Gasteiger partial charge is 0.246 e. The third-order valence-corrected chi connectivity index (χ3v) is 5.18. The van der Waals surface area contributed by atoms with E-state index in [9.17, 15) is 4.79 Å². The summed E-state index contributed by atoms with van der Waals surface area (Å²) in [5.41, 5.74) is 1.01. The van der Waals surface area contributed by atoms with E-state index >= 15 is 0 Å². The van der Waals surface area contributed by atoms with Crippen LogP contribution < -0.4 is 5.32 Å². The summed E-state index contributed by atoms with van der Waals surface area (Å²) < 4.78 is 5.23. The van der Waals surface area contributed by atoms with E-state index in [1.165, 1.54) is 11.3 Å². The molecule has 0 radical (unpaired) electrons. The summed E-state index contributed by atoms with van der Waals surface area (Å²) in [5, 5.41) is 6.00. The molecular formula is C19H19N5O2S. The number of anilines is 2. The van der Waals surface area contributed by atoms with Gasteiger partial charge in [-0.15, -0.1) is 11.3 Å². The standard InChI is InChI=1S/C19H19N5O2S/c25-18(6-5-15-4-2-10-26-15)24-9-1-3-14(12-24)16-13-27-19(22-16)23-17-11-20-7-8-21-17/h2,4-8,10-11,13-14H,1,3,9,12H2,(H,21,22,23)/b6-5+. The summed E-state index contributed by atoms with van der Waals surface area (Å²) in [6.07, 6.45) is 11.8. The van der Waals surface area contributed by atoms with Crippen molar-refractivity contribution in [3.63, 3.8) is 0 Å². The van der Waals surface area contributed by atoms with Gasteiger partial charge in [-0.1, -0.05) is 0 Å². The van der Waals surface area contributed by atoms with Gasteiger partial charge in [-0.3, -0.25) is 9.78 Å². The fourth-order valence-corrected chi connectivity index (χ4v) is 3.87. The molecule has 1 aliphatic rings. The molecule has 1 fully saturated rings. The molecule has 3 aromatic heterocycles. The van der Waals surface area contributed by atoms with Gasteiger partial charge >= 0.3 is 0 Å². The van der Waals surface area contributed by atoms with Crippen LogP contribution in [-0.4, -0.2) is 38.8 Å². The molecule has 1 amide bonds. The van der Waals surface area contributed by atoms with Gasteiger partial charge in [0.15, 0.2) is 10.9 Å². The molecule has 3 aromatic rings. The van der Waals surface area contributed by atoms with Crippen LogP contribution in [0.1, 0.15) is 30.2 Å². The summed E-state index contributed by atoms with van der Waals surface area (Å²) in [6, 6.07) is 3.62. The minimum atomic E-state index is 0.00392. The Bertz CT molecular complexity index is 907. The molecule has 1 saturated heterocycles. The monoisotopic (exact) mass is 381 g/mol. The number of furan rings is 1. The molecule has 138 valence electrons. The maximum Gasteiger partial charge on any atom is 0.246 e. The molecule has 1 unspecified atom stereocenters. The van der Waals surface area contributed by atoms with Gasteiger partial charge in [-0.25, -0.2) is 9.97 Å². The Balaban J connectivity index is 1.39. The van der Waals surface area contributed by atoms with Gasteiger partial charge in [0.05, 0.1) is 18.2 Å². The van der Waals surface area contributed by atoms with Crippen LogP contribution in [0.25, 0.3) is 6.08 Å². The Labute approximate surface area is 160 Å². The average molecular weight is 381 g/mol. The molecule has 7 nitrogen and oxygen atoms in total. The molecule has 0 spiro atoms. The summed E-state index contributed by atoms with van der Waals surface area (Å²) in [6.45, 7) is 1.45. The summed E-state index contributed by atoms with van der Waals surface area (Å²) >= 11 is 1.54. The number of carbonyl (C=O) groups excluding carboxylic acids is 1. The molecule has 1 N–H and O–H groups in total. The first kappa shape index (κ1) is 17.4. The first-order valence-electron chi connectivity index (χ1n) is 8.77. The van der Waals surface area contributed by atoms with Crippen molar-refractivity contribution < 1.29 is 9.21 Å². The van der Waals surface area contributed by atoms with Crippen LogP contribution in [0.5, 0.6) is 0 Å². The van der Waals surface area contributed by atoms with E-state index in [4.69, 9.17) is 4.42 Å². The van der Waals surface area contributed by atoms with E-state index < -0.39 is 0 Å². The van der Waals surface area contributed by atoms with E-state index in [-0.39, 0.29) is 11.8 Å². The highest BCUT2D eigenvalue weighted by Gasteiger charge is 2.25. The predicted octanol–water partition coefficient (Wildman–Crippen LogP) is 3.69. The molecule has 8 heteroatoms. The zero-order chi connectivity index (χ0) is 18.5. The van der Waals surface area contributed by atoms with E-state index in [2.05, 4.69) is 25.6 Å². The third-order valence-electron chi connectivity index (χ3n) is 4.40. The van der Waals surface area contributed by atoms with Crippen molar-refractivity contribution in [1.29, 1.82) is 0 Å². The number of hydrogen-bond donors (Lipinski definition) is 1. The molecule has 1 atom stereocenters. The van der Waals surface area contributed by atoms with Crippen LogP contribution in [0.15, 0.2) is 52.9 Å². The van der Waals surface area contributed by atoms with E-state index in [0.717, 1.165) is 30.2 Å². The predicted molar refractivity (Wildman–Crippen MR) is 104 cm³/mol. The van der Waals surface area contributed by atoms with Gasteiger partial charge in [-0.2, -0.15) is 0 Å². The van der Waals surface area contributed by atoms with Crippen LogP contribution in [0, 0.1) is 0 Å². The van der Waals surface area contributed by atoms with Crippen molar-refractivity contribution >= 4 is 34.3 Å². The number of nitrogens with zero attached hydrogens (tertiary/aromatic N) is 4. The molecular weight excluding hydrogens is 362 g/mol. The third kappa shape index (κ3) is 4.40. The van der Waals surface area contributed by atoms with Gasteiger partial charge in [0.2, 0.25) is 5.91 Å². The quantitative estimate of drug-likeness (QED) is 0.679. The van der Waals surface area contributed by atoms with Gasteiger partial charge in [0, 0.05) is 42.9 Å². The van der Waals surface area contributed by atoms with Crippen molar-refractivity contribution in [2.24, 2.45) is 0 Å². The molecule has 0 aliphatic carbocycles. The number of carbonyl (C=O) groups is 1. The normalized spacial score (nSPS) is 17.3. The lowest BCUT2D eigenvalue weighted by Gasteiger charge is -2.31. The first-order chi connectivity index (χ1) is 13.3. The summed E-state index contributed by atoms with van der Waals surface area (Å²) in [5.74, 6) is 1.59. The van der Waals surface area contributed by atoms with E-state index in [1.807, 2.05) is 11.0 Å². The lowest BCUT2D eigenvalue weighted by atomic mass is 9.95. The van der Waals surface area contributed by atoms with Crippen molar-refractivity contribution in [3.8, 4) is 0 Å². The molecule has 0 aromatic carbocycles. The second kappa shape index (κ2) is 8.13. The lowest BCUT2D eigenvalue weighted by molar-refractivity contribution is -0.127. The van der Waals surface area contributed by atoms with Crippen LogP contribution in [0.2, 0.25) is 0 Å². The lowest BCUT2D eigenvalue weighted by Crippen LogP contribution is -2.38. The number of nitrogens with one attached hydrogen (secondary N) is 1. The number of thiazole rings is 1. The summed E-state index contributed by atoms with van der Waals surface area (Å²) in [7, 11) is 0. The fraction of sp³-hybridized carbons (Fsp3) is 0.263. The fourth-order valence-electron chi connectivity index (χ4n) is 3.07. The number of rotatable bonds is 5. The Hall–Kier alpha value is -3.00. The second-order valence-corrected chi connectivity index (χ2v) is 7.12. The minimum Gasteiger partial charge on any atom is -0.465 e. The maximum atomic E-state index is 12.5. The Morgan fingerprint density at radius 1 is 1.41 bits per heavy atom. The van der Waals surface area contributed by atoms with E-state index in [0.29, 0.717) is 18.1 Å². The molecule has 4 heterocycles. The van der Waals surface area contributed by atoms with Crippen molar-refractivity contribution in [2.75, 3.05) is 18.4 Å². The zero-order valence-electron chi connectivity index (χ0n) is 14.6. The highest BCUT2D eigenvalue weighted by Crippen LogP contribution is 2.30. The van der Waals surface area contributed by atoms with Gasteiger partial charge in [0.25, 0.3) is 0 Å². The second-order valence-electron chi connectivity index (χ2n) is 6.27. The van der Waals surface area contributed by atoms with Crippen molar-refractivity contribution in [2.45, 2.75) is 18.8 Å². The molecule has 27 heavy (non-hydrogen) atoms. The van der Waals surface area contributed by atoms with Gasteiger partial charge in [-0.05, 0) is 31.1 Å². The summed E-state index contributed by atoms with van der Waals surface area (Å²) in [4.78, 5) is 27.3. The zero-order valence-corrected chi connectivity index (χ0v) is 15.4. The van der Waals surface area contributed by atoms with E-state index in [1.54, 1.807) is 43.1 Å². The Morgan fingerprint density at radius 3 is 3.19 bits per heavy atom. The molecule has 0 bridgehead atoms. The minimum absolute atomic E-state index is 0.00392. The molecule has 0 saturated carbocycles. The number of amides is 1. The number of likely N-dealkylation sites (tertiary alicyclic amines) is 1. The van der Waals surface area contributed by atoms with Crippen LogP contribution in [-0.2, 0) is 4.79 Å². The van der Waals surface area contributed by atoms with Crippen LogP contribution >= 0.6 is 11.3 Å². The highest BCUT2D eigenvalue weighted by atomic mass is 32.1. The molecule has 1 aliphatic heterocycles. The van der Waals surface area contributed by atoms with Gasteiger partial charge < -0.3 is 14.6 Å². The Kier molecular flexibility index (Phi) is 5.24. The maximum absolute atomic E-state index is 12.5. The number of hydrogen-bond acceptors (Lipinski definition) is 7. The first-order valence-corrected chi connectivity index (χ1v) is 9.65. The van der Waals surface area contributed by atoms with Crippen molar-refractivity contribution in [3.05, 3.63) is 59.9 Å². The topological polar surface area (TPSA) is 84.2 Å². The largest absolute Gasteiger partial charge is 0.465 e. The van der Waals surface area contributed by atoms with Crippen LogP contribution in [0.4, 0.5) is 10.9 Å².